The molecule has 2 atom stereocenters. The summed E-state index contributed by atoms with van der Waals surface area (Å²) in [4.78, 5) is 0. The molecule has 2 unspecified atom stereocenters. The smallest absolute Gasteiger partial charge is 0.392 e. The van der Waals surface area contributed by atoms with Crippen LogP contribution >= 0.6 is 0 Å². The molecule has 2 N–H and O–H groups in total. The highest BCUT2D eigenvalue weighted by atomic mass is 19.4. The van der Waals surface area contributed by atoms with E-state index in [2.05, 4.69) is 10.2 Å². The predicted molar refractivity (Wildman–Crippen MR) is 49.5 cm³/mol. The van der Waals surface area contributed by atoms with Crippen LogP contribution in [0.2, 0.25) is 0 Å². The number of rotatable bonds is 1. The third-order valence-corrected chi connectivity index (χ3v) is 2.96. The van der Waals surface area contributed by atoms with E-state index in [9.17, 15) is 13.2 Å². The van der Waals surface area contributed by atoms with E-state index in [0.717, 1.165) is 6.42 Å². The van der Waals surface area contributed by atoms with Crippen molar-refractivity contribution >= 4 is 6.01 Å². The van der Waals surface area contributed by atoms with Gasteiger partial charge in [0.1, 0.15) is 0 Å². The van der Waals surface area contributed by atoms with Gasteiger partial charge in [0.05, 0.1) is 5.92 Å². The van der Waals surface area contributed by atoms with Crippen LogP contribution in [0.5, 0.6) is 0 Å². The van der Waals surface area contributed by atoms with Crippen LogP contribution < -0.4 is 5.73 Å². The van der Waals surface area contributed by atoms with Crippen molar-refractivity contribution in [2.75, 3.05) is 5.73 Å². The summed E-state index contributed by atoms with van der Waals surface area (Å²) < 4.78 is 43.2. The summed E-state index contributed by atoms with van der Waals surface area (Å²) >= 11 is 0. The third-order valence-electron chi connectivity index (χ3n) is 2.96. The van der Waals surface area contributed by atoms with E-state index in [1.807, 2.05) is 0 Å². The van der Waals surface area contributed by atoms with Gasteiger partial charge in [-0.1, -0.05) is 17.9 Å². The minimum absolute atomic E-state index is 0.0134. The maximum atomic E-state index is 12.8. The van der Waals surface area contributed by atoms with Crippen LogP contribution in [0.25, 0.3) is 0 Å². The van der Waals surface area contributed by atoms with Gasteiger partial charge in [-0.15, -0.1) is 5.10 Å². The average molecular weight is 235 g/mol. The Morgan fingerprint density at radius 2 is 1.88 bits per heavy atom. The Balaban J connectivity index is 2.23. The minimum atomic E-state index is -4.21. The van der Waals surface area contributed by atoms with Crippen molar-refractivity contribution in [1.29, 1.82) is 0 Å². The minimum Gasteiger partial charge on any atom is -0.408 e. The van der Waals surface area contributed by atoms with Gasteiger partial charge in [-0.05, 0) is 12.8 Å². The lowest BCUT2D eigenvalue weighted by Gasteiger charge is -2.30. The average Bonchev–Trinajstić information content (AvgIpc) is 2.64. The largest absolute Gasteiger partial charge is 0.408 e. The molecule has 0 amide bonds. The van der Waals surface area contributed by atoms with Crippen molar-refractivity contribution in [2.45, 2.75) is 37.8 Å². The Bertz CT molecular complexity index is 363. The number of aromatic nitrogens is 2. The molecule has 0 spiro atoms. The lowest BCUT2D eigenvalue weighted by Crippen LogP contribution is -2.31. The van der Waals surface area contributed by atoms with Gasteiger partial charge in [-0.2, -0.15) is 13.2 Å². The van der Waals surface area contributed by atoms with Crippen molar-refractivity contribution in [3.63, 3.8) is 0 Å². The van der Waals surface area contributed by atoms with Crippen LogP contribution in [0.15, 0.2) is 4.42 Å². The molecule has 1 aromatic heterocycles. The van der Waals surface area contributed by atoms with Crippen LogP contribution in [-0.2, 0) is 0 Å². The molecule has 16 heavy (non-hydrogen) atoms. The summed E-state index contributed by atoms with van der Waals surface area (Å²) in [6.45, 7) is 0. The zero-order chi connectivity index (χ0) is 11.8. The van der Waals surface area contributed by atoms with Crippen LogP contribution in [0.4, 0.5) is 19.2 Å². The first-order valence-corrected chi connectivity index (χ1v) is 5.14. The Morgan fingerprint density at radius 3 is 2.44 bits per heavy atom. The molecule has 1 aromatic rings. The van der Waals surface area contributed by atoms with Gasteiger partial charge in [-0.3, -0.25) is 0 Å². The number of hydrogen-bond donors (Lipinski definition) is 1. The first kappa shape index (κ1) is 11.2. The predicted octanol–water partition coefficient (Wildman–Crippen LogP) is 2.49. The quantitative estimate of drug-likeness (QED) is 0.812. The lowest BCUT2D eigenvalue weighted by atomic mass is 9.79. The topological polar surface area (TPSA) is 64.9 Å². The van der Waals surface area contributed by atoms with Gasteiger partial charge in [0.25, 0.3) is 0 Å². The second kappa shape index (κ2) is 3.95. The molecule has 1 aliphatic rings. The lowest BCUT2D eigenvalue weighted by molar-refractivity contribution is -0.188. The molecule has 7 heteroatoms. The van der Waals surface area contributed by atoms with Crippen molar-refractivity contribution in [1.82, 2.24) is 10.2 Å². The van der Waals surface area contributed by atoms with Crippen LogP contribution in [0.3, 0.4) is 0 Å². The van der Waals surface area contributed by atoms with Gasteiger partial charge in [0, 0.05) is 5.92 Å². The van der Waals surface area contributed by atoms with Crippen molar-refractivity contribution in [2.24, 2.45) is 5.92 Å². The van der Waals surface area contributed by atoms with Gasteiger partial charge < -0.3 is 10.2 Å². The molecular formula is C9H12F3N3O. The monoisotopic (exact) mass is 235 g/mol. The molecule has 0 radical (unpaired) electrons. The number of nitrogen functional groups attached to an aromatic ring is 1. The molecule has 90 valence electrons. The summed E-state index contributed by atoms with van der Waals surface area (Å²) in [6, 6.07) is -0.179. The van der Waals surface area contributed by atoms with E-state index < -0.39 is 18.0 Å². The highest BCUT2D eigenvalue weighted by molar-refractivity contribution is 5.08. The van der Waals surface area contributed by atoms with E-state index in [4.69, 9.17) is 10.2 Å². The number of nitrogens with zero attached hydrogens (tertiary/aromatic N) is 2. The van der Waals surface area contributed by atoms with Gasteiger partial charge in [-0.25, -0.2) is 0 Å². The molecule has 0 saturated heterocycles. The molecule has 2 rings (SSSR count). The fourth-order valence-electron chi connectivity index (χ4n) is 2.21. The van der Waals surface area contributed by atoms with E-state index in [-0.39, 0.29) is 18.3 Å². The Labute approximate surface area is 90.0 Å². The maximum absolute atomic E-state index is 12.8. The molecule has 1 saturated carbocycles. The number of halogens is 3. The molecule has 1 aliphatic carbocycles. The summed E-state index contributed by atoms with van der Waals surface area (Å²) in [5.74, 6) is -2.11. The second-order valence-electron chi connectivity index (χ2n) is 4.02. The Kier molecular flexibility index (Phi) is 2.77. The van der Waals surface area contributed by atoms with Gasteiger partial charge in [0.2, 0.25) is 5.89 Å². The van der Waals surface area contributed by atoms with Gasteiger partial charge in [0.15, 0.2) is 0 Å². The summed E-state index contributed by atoms with van der Waals surface area (Å²) in [7, 11) is 0. The first-order chi connectivity index (χ1) is 7.48. The SMILES string of the molecule is Nc1nnc(C2CCCCC2C(F)(F)F)o1. The molecule has 1 fully saturated rings. The van der Waals surface area contributed by atoms with Gasteiger partial charge >= 0.3 is 12.2 Å². The highest BCUT2D eigenvalue weighted by Crippen LogP contribution is 2.45. The summed E-state index contributed by atoms with van der Waals surface area (Å²) in [5, 5.41) is 6.96. The summed E-state index contributed by atoms with van der Waals surface area (Å²) in [6.07, 6.45) is -2.33. The van der Waals surface area contributed by atoms with E-state index in [1.165, 1.54) is 0 Å². The van der Waals surface area contributed by atoms with E-state index in [1.54, 1.807) is 0 Å². The van der Waals surface area contributed by atoms with E-state index in [0.29, 0.717) is 12.8 Å². The van der Waals surface area contributed by atoms with Crippen LogP contribution in [0, 0.1) is 5.92 Å². The molecule has 1 heterocycles. The highest BCUT2D eigenvalue weighted by Gasteiger charge is 2.47. The molecule has 4 nitrogen and oxygen atoms in total. The van der Waals surface area contributed by atoms with Crippen LogP contribution in [0.1, 0.15) is 37.5 Å². The maximum Gasteiger partial charge on any atom is 0.392 e. The molecule has 0 aliphatic heterocycles. The normalized spacial score (nSPS) is 26.9. The summed E-state index contributed by atoms with van der Waals surface area (Å²) in [5.41, 5.74) is 5.22. The standard InChI is InChI=1S/C9H12F3N3O/c10-9(11,12)6-4-2-1-3-5(6)7-14-15-8(13)16-7/h5-6H,1-4H2,(H2,13,15). The Morgan fingerprint density at radius 1 is 1.19 bits per heavy atom. The number of anilines is 1. The fourth-order valence-corrected chi connectivity index (χ4v) is 2.21. The molecule has 0 bridgehead atoms. The fraction of sp³-hybridized carbons (Fsp3) is 0.778. The van der Waals surface area contributed by atoms with Crippen molar-refractivity contribution < 1.29 is 17.6 Å². The van der Waals surface area contributed by atoms with Crippen molar-refractivity contribution in [3.8, 4) is 0 Å². The Hall–Kier alpha value is -1.27. The second-order valence-corrected chi connectivity index (χ2v) is 4.02. The zero-order valence-corrected chi connectivity index (χ0v) is 8.50. The first-order valence-electron chi connectivity index (χ1n) is 5.14. The molecule has 0 aromatic carbocycles. The molecular weight excluding hydrogens is 223 g/mol. The number of hydrogen-bond acceptors (Lipinski definition) is 4. The number of alkyl halides is 3. The zero-order valence-electron chi connectivity index (χ0n) is 8.50. The third kappa shape index (κ3) is 2.12. The van der Waals surface area contributed by atoms with Crippen LogP contribution in [-0.4, -0.2) is 16.4 Å². The van der Waals surface area contributed by atoms with E-state index >= 15 is 0 Å². The number of nitrogens with two attached hydrogens (primary N) is 1. The van der Waals surface area contributed by atoms with Crippen molar-refractivity contribution in [3.05, 3.63) is 5.89 Å².